The molecule has 0 spiro atoms. The van der Waals surface area contributed by atoms with Gasteiger partial charge in [0.1, 0.15) is 17.0 Å². The number of rotatable bonds is 5. The summed E-state index contributed by atoms with van der Waals surface area (Å²) in [4.78, 5) is 52.0. The minimum absolute atomic E-state index is 0.0249. The Kier molecular flexibility index (Phi) is 6.80. The van der Waals surface area contributed by atoms with Crippen LogP contribution in [0.3, 0.4) is 0 Å². The molecule has 8 nitrogen and oxygen atoms in total. The molecule has 0 saturated heterocycles. The van der Waals surface area contributed by atoms with Gasteiger partial charge in [-0.05, 0) is 82.4 Å². The highest BCUT2D eigenvalue weighted by molar-refractivity contribution is 6.02. The maximum Gasteiger partial charge on any atom is 0.303 e. The zero-order chi connectivity index (χ0) is 30.4. The van der Waals surface area contributed by atoms with E-state index in [4.69, 9.17) is 4.74 Å². The molecule has 8 heteroatoms. The fourth-order valence-corrected chi connectivity index (χ4v) is 8.98. The Labute approximate surface area is 236 Å². The van der Waals surface area contributed by atoms with Crippen molar-refractivity contribution in [3.05, 3.63) is 35.6 Å². The summed E-state index contributed by atoms with van der Waals surface area (Å²) in [5, 5.41) is 33.8. The van der Waals surface area contributed by atoms with Crippen molar-refractivity contribution in [2.75, 3.05) is 0 Å². The average molecular weight is 557 g/mol. The Bertz CT molecular complexity index is 1270. The van der Waals surface area contributed by atoms with Crippen LogP contribution in [0.1, 0.15) is 81.6 Å². The largest absolute Gasteiger partial charge is 0.505 e. The second kappa shape index (κ2) is 8.96. The van der Waals surface area contributed by atoms with Crippen molar-refractivity contribution in [3.63, 3.8) is 0 Å². The molecule has 8 atom stereocenters. The van der Waals surface area contributed by atoms with Gasteiger partial charge in [-0.25, -0.2) is 0 Å². The number of esters is 1. The van der Waals surface area contributed by atoms with Gasteiger partial charge in [-0.15, -0.1) is 0 Å². The lowest BCUT2D eigenvalue weighted by Crippen LogP contribution is -2.64. The summed E-state index contributed by atoms with van der Waals surface area (Å²) < 4.78 is 5.22. The molecule has 2 fully saturated rings. The number of aliphatic hydroxyl groups is 3. The first-order valence-electron chi connectivity index (χ1n) is 14.1. The summed E-state index contributed by atoms with van der Waals surface area (Å²) >= 11 is 0. The Morgan fingerprint density at radius 1 is 1.07 bits per heavy atom. The number of hydrogen-bond donors (Lipinski definition) is 3. The monoisotopic (exact) mass is 556 g/mol. The van der Waals surface area contributed by atoms with Gasteiger partial charge in [0, 0.05) is 30.6 Å². The van der Waals surface area contributed by atoms with Crippen molar-refractivity contribution in [3.8, 4) is 0 Å². The van der Waals surface area contributed by atoms with E-state index in [-0.39, 0.29) is 36.1 Å². The van der Waals surface area contributed by atoms with Crippen molar-refractivity contribution in [2.45, 2.75) is 98.9 Å². The third kappa shape index (κ3) is 4.00. The maximum atomic E-state index is 14.3. The number of aliphatic hydroxyl groups excluding tert-OH is 2. The Balaban J connectivity index is 1.76. The summed E-state index contributed by atoms with van der Waals surface area (Å²) in [5.41, 5.74) is -5.72. The van der Waals surface area contributed by atoms with E-state index in [1.165, 1.54) is 32.1 Å². The van der Waals surface area contributed by atoms with Gasteiger partial charge >= 0.3 is 5.97 Å². The average Bonchev–Trinajstić information content (AvgIpc) is 3.01. The Hall–Kier alpha value is -2.58. The molecule has 4 aliphatic rings. The first-order valence-corrected chi connectivity index (χ1v) is 14.1. The van der Waals surface area contributed by atoms with Crippen molar-refractivity contribution in [2.24, 2.45) is 39.4 Å². The predicted molar refractivity (Wildman–Crippen MR) is 148 cm³/mol. The molecule has 0 aromatic heterocycles. The summed E-state index contributed by atoms with van der Waals surface area (Å²) in [7, 11) is 0. The fourth-order valence-electron chi connectivity index (χ4n) is 8.98. The Morgan fingerprint density at radius 3 is 2.25 bits per heavy atom. The van der Waals surface area contributed by atoms with Gasteiger partial charge in [-0.2, -0.15) is 0 Å². The molecule has 2 saturated carbocycles. The minimum atomic E-state index is -2.00. The number of Topliss-reactive ketones (excluding diaryl/α,β-unsaturated/α-hetero) is 2. The molecule has 4 rings (SSSR count). The predicted octanol–water partition coefficient (Wildman–Crippen LogP) is 4.19. The van der Waals surface area contributed by atoms with Crippen LogP contribution in [0.4, 0.5) is 0 Å². The van der Waals surface area contributed by atoms with Crippen molar-refractivity contribution in [1.29, 1.82) is 0 Å². The molecule has 0 aliphatic heterocycles. The SMILES string of the molecule is CC(=O)OC(C)(C)/C=C/C(=O)[C@@](C)(O)[C@@H]1[C@@H](O)C[C@]2(C)[C@@H]3CC=C4[C@H](C=C(O)C(=O)C4(C)C)[C@@]3(C)C(=O)C[C@]12C. The first-order chi connectivity index (χ1) is 18.1. The Morgan fingerprint density at radius 2 is 1.68 bits per heavy atom. The number of ether oxygens (including phenoxy) is 1. The lowest BCUT2D eigenvalue weighted by Gasteiger charge is -2.63. The van der Waals surface area contributed by atoms with Crippen LogP contribution in [0.5, 0.6) is 0 Å². The van der Waals surface area contributed by atoms with E-state index in [0.29, 0.717) is 6.42 Å². The molecule has 0 radical (unpaired) electrons. The summed E-state index contributed by atoms with van der Waals surface area (Å²) in [6.45, 7) is 15.3. The lowest BCUT2D eigenvalue weighted by molar-refractivity contribution is -0.179. The van der Waals surface area contributed by atoms with E-state index >= 15 is 0 Å². The lowest BCUT2D eigenvalue weighted by atomic mass is 9.39. The van der Waals surface area contributed by atoms with Crippen LogP contribution in [-0.2, 0) is 23.9 Å². The number of carbonyl (C=O) groups is 4. The smallest absolute Gasteiger partial charge is 0.303 e. The quantitative estimate of drug-likeness (QED) is 0.260. The maximum absolute atomic E-state index is 14.3. The molecule has 0 amide bonds. The van der Waals surface area contributed by atoms with Crippen molar-refractivity contribution >= 4 is 23.3 Å². The van der Waals surface area contributed by atoms with E-state index in [0.717, 1.165) is 5.57 Å². The van der Waals surface area contributed by atoms with E-state index in [1.54, 1.807) is 27.7 Å². The van der Waals surface area contributed by atoms with Gasteiger partial charge in [-0.3, -0.25) is 19.2 Å². The van der Waals surface area contributed by atoms with E-state index < -0.39 is 62.6 Å². The number of ketones is 3. The van der Waals surface area contributed by atoms with Crippen LogP contribution in [-0.4, -0.2) is 55.9 Å². The molecule has 0 aromatic rings. The van der Waals surface area contributed by atoms with E-state index in [1.807, 2.05) is 26.8 Å². The zero-order valence-electron chi connectivity index (χ0n) is 25.1. The van der Waals surface area contributed by atoms with E-state index in [9.17, 15) is 34.5 Å². The molecule has 4 aliphatic carbocycles. The van der Waals surface area contributed by atoms with Crippen molar-refractivity contribution in [1.82, 2.24) is 0 Å². The van der Waals surface area contributed by atoms with E-state index in [2.05, 4.69) is 0 Å². The molecule has 0 heterocycles. The molecule has 0 bridgehead atoms. The minimum Gasteiger partial charge on any atom is -0.505 e. The molecule has 3 N–H and O–H groups in total. The van der Waals surface area contributed by atoms with Gasteiger partial charge in [-0.1, -0.05) is 32.4 Å². The zero-order valence-corrected chi connectivity index (χ0v) is 25.1. The third-order valence-electron chi connectivity index (χ3n) is 11.2. The van der Waals surface area contributed by atoms with Crippen molar-refractivity contribution < 1.29 is 39.2 Å². The van der Waals surface area contributed by atoms with Gasteiger partial charge in [0.05, 0.1) is 11.5 Å². The number of carbonyl (C=O) groups excluding carboxylic acids is 4. The highest BCUT2D eigenvalue weighted by Gasteiger charge is 2.74. The fraction of sp³-hybridized carbons (Fsp3) is 0.688. The van der Waals surface area contributed by atoms with Gasteiger partial charge in [0.25, 0.3) is 0 Å². The molecular formula is C32H44O8. The molecule has 0 aromatic carbocycles. The molecular weight excluding hydrogens is 512 g/mol. The second-order valence-electron chi connectivity index (χ2n) is 14.4. The third-order valence-corrected chi connectivity index (χ3v) is 11.2. The van der Waals surface area contributed by atoms with Crippen LogP contribution in [0.25, 0.3) is 0 Å². The summed E-state index contributed by atoms with van der Waals surface area (Å²) in [5.74, 6) is -3.61. The summed E-state index contributed by atoms with van der Waals surface area (Å²) in [6.07, 6.45) is 5.89. The van der Waals surface area contributed by atoms with Crippen LogP contribution in [0.15, 0.2) is 35.6 Å². The molecule has 220 valence electrons. The normalized spacial score (nSPS) is 40.4. The van der Waals surface area contributed by atoms with Crippen LogP contribution in [0, 0.1) is 39.4 Å². The standard InChI is InChI=1S/C32H44O8/c1-17(33)40-27(2,3)13-12-23(36)32(9,39)25-21(35)15-29(6)22-11-10-18-19(14-20(34)26(38)28(18,4)5)31(22,8)24(37)16-30(25,29)7/h10,12-14,19,21-22,25,34-35,39H,11,15-16H2,1-9H3/b13-12+/t19-,21-,22-,25+,29+,30+,31+,32+/m0/s1. The number of fused-ring (bicyclic) bond motifs is 5. The molecule has 0 unspecified atom stereocenters. The number of hydrogen-bond acceptors (Lipinski definition) is 8. The van der Waals surface area contributed by atoms with Crippen LogP contribution >= 0.6 is 0 Å². The van der Waals surface area contributed by atoms with Gasteiger partial charge in [0.2, 0.25) is 5.78 Å². The highest BCUT2D eigenvalue weighted by Crippen LogP contribution is 2.73. The van der Waals surface area contributed by atoms with Crippen LogP contribution < -0.4 is 0 Å². The van der Waals surface area contributed by atoms with Gasteiger partial charge in [0.15, 0.2) is 11.5 Å². The topological polar surface area (TPSA) is 138 Å². The first kappa shape index (κ1) is 30.4. The number of allylic oxidation sites excluding steroid dienone is 4. The second-order valence-corrected chi connectivity index (χ2v) is 14.4. The summed E-state index contributed by atoms with van der Waals surface area (Å²) in [6, 6.07) is 0. The van der Waals surface area contributed by atoms with Crippen LogP contribution in [0.2, 0.25) is 0 Å². The molecule has 40 heavy (non-hydrogen) atoms. The highest BCUT2D eigenvalue weighted by atomic mass is 16.6. The van der Waals surface area contributed by atoms with Gasteiger partial charge < -0.3 is 20.1 Å².